The maximum Gasteiger partial charge on any atom is 0.309 e. The van der Waals surface area contributed by atoms with Crippen molar-refractivity contribution in [2.75, 3.05) is 39.9 Å². The lowest BCUT2D eigenvalue weighted by Crippen LogP contribution is -2.47. The summed E-state index contributed by atoms with van der Waals surface area (Å²) < 4.78 is 10.3. The molecule has 7 nitrogen and oxygen atoms in total. The number of hydrogen-bond donors (Lipinski definition) is 2. The summed E-state index contributed by atoms with van der Waals surface area (Å²) >= 11 is 0. The van der Waals surface area contributed by atoms with Crippen LogP contribution in [0.2, 0.25) is 0 Å². The van der Waals surface area contributed by atoms with Crippen LogP contribution in [0.5, 0.6) is 5.75 Å². The number of hydrogen-bond acceptors (Lipinski definition) is 5. The van der Waals surface area contributed by atoms with Crippen molar-refractivity contribution in [3.05, 3.63) is 29.8 Å². The number of piperidine rings is 1. The Morgan fingerprint density at radius 1 is 1.36 bits per heavy atom. The molecule has 1 saturated heterocycles. The van der Waals surface area contributed by atoms with Crippen molar-refractivity contribution in [1.29, 1.82) is 0 Å². The predicted octanol–water partition coefficient (Wildman–Crippen LogP) is 2.59. The molecule has 2 N–H and O–H groups in total. The van der Waals surface area contributed by atoms with Gasteiger partial charge in [-0.05, 0) is 44.4 Å². The third-order valence-electron chi connectivity index (χ3n) is 4.64. The first-order chi connectivity index (χ1) is 13.1. The number of nitrogens with one attached hydrogen (secondary N) is 1. The molecule has 158 valence electrons. The summed E-state index contributed by atoms with van der Waals surface area (Å²) in [6.45, 7) is 6.75. The summed E-state index contributed by atoms with van der Waals surface area (Å²) in [6.07, 6.45) is 0.800. The second kappa shape index (κ2) is 12.8. The molecule has 1 fully saturated rings. The van der Waals surface area contributed by atoms with E-state index >= 15 is 0 Å². The predicted molar refractivity (Wildman–Crippen MR) is 120 cm³/mol. The molecule has 0 bridgehead atoms. The number of ether oxygens (including phenoxy) is 2. The van der Waals surface area contributed by atoms with E-state index in [4.69, 9.17) is 9.47 Å². The Kier molecular flexibility index (Phi) is 11.2. The highest BCUT2D eigenvalue weighted by Crippen LogP contribution is 2.21. The fourth-order valence-electron chi connectivity index (χ4n) is 3.14. The van der Waals surface area contributed by atoms with Crippen LogP contribution in [-0.2, 0) is 9.53 Å². The third-order valence-corrected chi connectivity index (χ3v) is 4.64. The first-order valence-electron chi connectivity index (χ1n) is 9.60. The number of halogens is 1. The van der Waals surface area contributed by atoms with Gasteiger partial charge in [0.1, 0.15) is 5.75 Å². The molecule has 2 rings (SSSR count). The molecule has 0 amide bonds. The van der Waals surface area contributed by atoms with Crippen LogP contribution in [0.1, 0.15) is 38.4 Å². The van der Waals surface area contributed by atoms with E-state index in [0.29, 0.717) is 12.4 Å². The van der Waals surface area contributed by atoms with Gasteiger partial charge in [-0.25, -0.2) is 0 Å². The number of carbonyl (C=O) groups is 1. The van der Waals surface area contributed by atoms with Crippen molar-refractivity contribution in [2.45, 2.75) is 32.8 Å². The Morgan fingerprint density at radius 3 is 2.68 bits per heavy atom. The van der Waals surface area contributed by atoms with E-state index in [1.54, 1.807) is 7.11 Å². The average Bonchev–Trinajstić information content (AvgIpc) is 2.71. The molecule has 0 aromatic heterocycles. The van der Waals surface area contributed by atoms with Crippen LogP contribution in [0.4, 0.5) is 0 Å². The first kappa shape index (κ1) is 24.5. The number of guanidine groups is 1. The average molecular weight is 505 g/mol. The van der Waals surface area contributed by atoms with Gasteiger partial charge >= 0.3 is 5.97 Å². The summed E-state index contributed by atoms with van der Waals surface area (Å²) in [5, 5.41) is 13.7. The molecule has 1 aromatic rings. The zero-order valence-electron chi connectivity index (χ0n) is 16.9. The summed E-state index contributed by atoms with van der Waals surface area (Å²) in [5.74, 6) is 1.34. The van der Waals surface area contributed by atoms with Crippen LogP contribution in [0.3, 0.4) is 0 Å². The molecule has 0 spiro atoms. The Bertz CT molecular complexity index is 634. The minimum absolute atomic E-state index is 0. The lowest BCUT2D eigenvalue weighted by molar-refractivity contribution is -0.149. The molecule has 1 heterocycles. The fourth-order valence-corrected chi connectivity index (χ4v) is 3.14. The molecule has 28 heavy (non-hydrogen) atoms. The largest absolute Gasteiger partial charge is 0.497 e. The van der Waals surface area contributed by atoms with Crippen molar-refractivity contribution >= 4 is 35.9 Å². The second-order valence-corrected chi connectivity index (χ2v) is 6.50. The van der Waals surface area contributed by atoms with Crippen molar-refractivity contribution in [2.24, 2.45) is 10.9 Å². The fraction of sp³-hybridized carbons (Fsp3) is 0.600. The van der Waals surface area contributed by atoms with Crippen molar-refractivity contribution in [3.8, 4) is 5.75 Å². The highest BCUT2D eigenvalue weighted by Gasteiger charge is 2.27. The van der Waals surface area contributed by atoms with Gasteiger partial charge in [0.15, 0.2) is 5.96 Å². The van der Waals surface area contributed by atoms with E-state index in [0.717, 1.165) is 44.0 Å². The molecule has 1 aliphatic rings. The topological polar surface area (TPSA) is 83.4 Å². The van der Waals surface area contributed by atoms with Crippen LogP contribution in [-0.4, -0.2) is 61.8 Å². The van der Waals surface area contributed by atoms with Gasteiger partial charge in [-0.15, -0.1) is 24.0 Å². The van der Waals surface area contributed by atoms with Gasteiger partial charge in [-0.2, -0.15) is 0 Å². The SMILES string of the molecule is CCNC(=NCC(O)c1cccc(OC)c1)N1CCC(C(=O)OCC)CC1.I. The smallest absolute Gasteiger partial charge is 0.309 e. The van der Waals surface area contributed by atoms with Gasteiger partial charge in [0.25, 0.3) is 0 Å². The number of carbonyl (C=O) groups excluding carboxylic acids is 1. The molecule has 8 heteroatoms. The lowest BCUT2D eigenvalue weighted by atomic mass is 9.97. The molecule has 0 aliphatic carbocycles. The van der Waals surface area contributed by atoms with Gasteiger partial charge in [0, 0.05) is 19.6 Å². The molecule has 0 radical (unpaired) electrons. The number of aliphatic hydroxyl groups is 1. The van der Waals surface area contributed by atoms with Crippen molar-refractivity contribution < 1.29 is 19.4 Å². The summed E-state index contributed by atoms with van der Waals surface area (Å²) in [6, 6.07) is 7.38. The lowest BCUT2D eigenvalue weighted by Gasteiger charge is -2.33. The Balaban J connectivity index is 0.00000392. The van der Waals surface area contributed by atoms with E-state index in [9.17, 15) is 9.90 Å². The molecule has 1 unspecified atom stereocenters. The molecule has 1 atom stereocenters. The number of benzene rings is 1. The first-order valence-corrected chi connectivity index (χ1v) is 9.60. The second-order valence-electron chi connectivity index (χ2n) is 6.50. The number of likely N-dealkylation sites (tertiary alicyclic amines) is 1. The Hall–Kier alpha value is -1.55. The zero-order valence-corrected chi connectivity index (χ0v) is 19.2. The number of aliphatic imine (C=N–C) groups is 1. The molecular formula is C20H32IN3O4. The molecular weight excluding hydrogens is 473 g/mol. The van der Waals surface area contributed by atoms with Gasteiger partial charge in [-0.3, -0.25) is 9.79 Å². The number of aliphatic hydroxyl groups excluding tert-OH is 1. The van der Waals surface area contributed by atoms with E-state index in [1.807, 2.05) is 38.1 Å². The third kappa shape index (κ3) is 7.12. The summed E-state index contributed by atoms with van der Waals surface area (Å²) in [5.41, 5.74) is 0.773. The Labute approximate surface area is 184 Å². The molecule has 1 aromatic carbocycles. The Morgan fingerprint density at radius 2 is 2.07 bits per heavy atom. The van der Waals surface area contributed by atoms with Crippen LogP contribution in [0, 0.1) is 5.92 Å². The standard InChI is InChI=1S/C20H31N3O4.HI/c1-4-21-20(23-11-9-15(10-12-23)19(25)27-5-2)22-14-18(24)16-7-6-8-17(13-16)26-3;/h6-8,13,15,18,24H,4-5,9-12,14H2,1-3H3,(H,21,22);1H. The summed E-state index contributed by atoms with van der Waals surface area (Å²) in [4.78, 5) is 18.6. The normalized spacial score (nSPS) is 16.1. The minimum Gasteiger partial charge on any atom is -0.497 e. The van der Waals surface area contributed by atoms with Crippen LogP contribution >= 0.6 is 24.0 Å². The number of methoxy groups -OCH3 is 1. The highest BCUT2D eigenvalue weighted by atomic mass is 127. The number of rotatable bonds is 7. The maximum atomic E-state index is 11.9. The number of nitrogens with zero attached hydrogens (tertiary/aromatic N) is 2. The van der Waals surface area contributed by atoms with E-state index in [1.165, 1.54) is 0 Å². The van der Waals surface area contributed by atoms with Gasteiger partial charge in [0.2, 0.25) is 0 Å². The maximum absolute atomic E-state index is 11.9. The zero-order chi connectivity index (χ0) is 19.6. The van der Waals surface area contributed by atoms with E-state index in [-0.39, 0.29) is 42.4 Å². The highest BCUT2D eigenvalue weighted by molar-refractivity contribution is 14.0. The van der Waals surface area contributed by atoms with Crippen molar-refractivity contribution in [3.63, 3.8) is 0 Å². The quantitative estimate of drug-likeness (QED) is 0.257. The van der Waals surface area contributed by atoms with Crippen LogP contribution in [0.25, 0.3) is 0 Å². The summed E-state index contributed by atoms with van der Waals surface area (Å²) in [7, 11) is 1.60. The van der Waals surface area contributed by atoms with Gasteiger partial charge in [0.05, 0.1) is 32.3 Å². The van der Waals surface area contributed by atoms with Crippen molar-refractivity contribution in [1.82, 2.24) is 10.2 Å². The van der Waals surface area contributed by atoms with Gasteiger partial charge < -0.3 is 24.8 Å². The molecule has 1 aliphatic heterocycles. The number of esters is 1. The monoisotopic (exact) mass is 505 g/mol. The van der Waals surface area contributed by atoms with E-state index < -0.39 is 6.10 Å². The van der Waals surface area contributed by atoms with E-state index in [2.05, 4.69) is 15.2 Å². The van der Waals surface area contributed by atoms with Gasteiger partial charge in [-0.1, -0.05) is 12.1 Å². The van der Waals surface area contributed by atoms with Crippen LogP contribution < -0.4 is 10.1 Å². The minimum atomic E-state index is -0.703. The molecule has 0 saturated carbocycles. The van der Waals surface area contributed by atoms with Crippen LogP contribution in [0.15, 0.2) is 29.3 Å².